The van der Waals surface area contributed by atoms with Crippen LogP contribution in [0.25, 0.3) is 11.4 Å². The van der Waals surface area contributed by atoms with Crippen LogP contribution in [0.3, 0.4) is 0 Å². The number of nitrogens with one attached hydrogen (secondary N) is 1. The maximum Gasteiger partial charge on any atom is 0.416 e. The van der Waals surface area contributed by atoms with E-state index in [1.807, 2.05) is 0 Å². The average molecular weight is 489 g/mol. The minimum atomic E-state index is -4.51. The number of carbonyl (C=O) groups is 1. The van der Waals surface area contributed by atoms with Gasteiger partial charge in [-0.05, 0) is 43.7 Å². The van der Waals surface area contributed by atoms with E-state index in [9.17, 15) is 27.9 Å². The number of rotatable bonds is 8. The molecule has 0 unspecified atom stereocenters. The lowest BCUT2D eigenvalue weighted by Gasteiger charge is -2.18. The first-order valence-electron chi connectivity index (χ1n) is 10.9. The van der Waals surface area contributed by atoms with E-state index in [1.54, 1.807) is 45.2 Å². The number of nitrogens with zero attached hydrogens (tertiary/aromatic N) is 2. The van der Waals surface area contributed by atoms with Crippen molar-refractivity contribution in [2.45, 2.75) is 39.0 Å². The molecule has 2 aromatic carbocycles. The molecule has 186 valence electrons. The van der Waals surface area contributed by atoms with Crippen molar-refractivity contribution in [2.75, 3.05) is 13.7 Å². The first kappa shape index (κ1) is 26.0. The second-order valence-corrected chi connectivity index (χ2v) is 8.00. The number of carbonyl (C=O) groups excluding carboxylic acids is 1. The molecule has 0 saturated heterocycles. The number of aliphatic hydroxyl groups is 1. The fourth-order valence-electron chi connectivity index (χ4n) is 3.68. The maximum atomic E-state index is 13.2. The second-order valence-electron chi connectivity index (χ2n) is 8.00. The van der Waals surface area contributed by atoms with Gasteiger partial charge in [-0.2, -0.15) is 13.2 Å². The van der Waals surface area contributed by atoms with Gasteiger partial charge in [0, 0.05) is 29.8 Å². The van der Waals surface area contributed by atoms with Gasteiger partial charge in [0.25, 0.3) is 5.56 Å². The molecule has 7 nitrogen and oxygen atoms in total. The van der Waals surface area contributed by atoms with Gasteiger partial charge in [0.05, 0.1) is 18.7 Å². The van der Waals surface area contributed by atoms with Gasteiger partial charge in [0.15, 0.2) is 0 Å². The Labute approximate surface area is 200 Å². The third-order valence-electron chi connectivity index (χ3n) is 5.60. The fraction of sp³-hybridized carbons (Fsp3) is 0.320. The Bertz CT molecular complexity index is 1240. The molecule has 0 bridgehead atoms. The van der Waals surface area contributed by atoms with Crippen molar-refractivity contribution < 1.29 is 27.8 Å². The molecule has 0 aliphatic heterocycles. The number of benzene rings is 2. The molecule has 1 aromatic heterocycles. The third kappa shape index (κ3) is 6.07. The summed E-state index contributed by atoms with van der Waals surface area (Å²) in [5, 5.41) is 12.2. The Kier molecular flexibility index (Phi) is 7.96. The quantitative estimate of drug-likeness (QED) is 0.504. The Morgan fingerprint density at radius 3 is 2.31 bits per heavy atom. The lowest BCUT2D eigenvalue weighted by Crippen LogP contribution is -2.36. The predicted molar refractivity (Wildman–Crippen MR) is 124 cm³/mol. The zero-order valence-corrected chi connectivity index (χ0v) is 19.5. The van der Waals surface area contributed by atoms with Gasteiger partial charge in [-0.15, -0.1) is 0 Å². The highest BCUT2D eigenvalue weighted by Gasteiger charge is 2.30. The van der Waals surface area contributed by atoms with Crippen molar-refractivity contribution in [2.24, 2.45) is 0 Å². The van der Waals surface area contributed by atoms with Crippen LogP contribution in [-0.4, -0.2) is 34.3 Å². The maximum absolute atomic E-state index is 13.2. The highest BCUT2D eigenvalue weighted by Crippen LogP contribution is 2.30. The number of aromatic nitrogens is 2. The van der Waals surface area contributed by atoms with Crippen LogP contribution in [0.1, 0.15) is 35.3 Å². The molecule has 0 saturated carbocycles. The fourth-order valence-corrected chi connectivity index (χ4v) is 3.68. The van der Waals surface area contributed by atoms with E-state index in [0.717, 1.165) is 22.3 Å². The number of aliphatic hydroxyl groups excluding tert-OH is 1. The Balaban J connectivity index is 1.95. The van der Waals surface area contributed by atoms with Crippen LogP contribution in [0.2, 0.25) is 0 Å². The second kappa shape index (κ2) is 10.7. The van der Waals surface area contributed by atoms with Gasteiger partial charge in [-0.25, -0.2) is 4.98 Å². The Hall–Kier alpha value is -3.66. The van der Waals surface area contributed by atoms with E-state index < -0.39 is 29.8 Å². The van der Waals surface area contributed by atoms with Gasteiger partial charge < -0.3 is 15.2 Å². The molecule has 10 heteroatoms. The molecular formula is C25H26F3N3O4. The number of halogens is 3. The number of aryl methyl sites for hydroxylation is 1. The highest BCUT2D eigenvalue weighted by molar-refractivity contribution is 5.77. The van der Waals surface area contributed by atoms with Gasteiger partial charge in [0.2, 0.25) is 5.91 Å². The molecule has 0 spiro atoms. The van der Waals surface area contributed by atoms with Crippen LogP contribution < -0.4 is 15.6 Å². The summed E-state index contributed by atoms with van der Waals surface area (Å²) in [4.78, 5) is 30.5. The molecular weight excluding hydrogens is 463 g/mol. The number of ether oxygens (including phenoxy) is 1. The number of alkyl halides is 3. The smallest absolute Gasteiger partial charge is 0.416 e. The standard InChI is InChI=1S/C25H26F3N3O4/c1-15(17-6-10-20(35-3)11-7-17)29-22(33)14-31-23(30-16(2)21(12-13-32)24(31)34)18-4-8-19(9-5-18)25(26,27)28/h4-11,15,32H,12-14H2,1-3H3,(H,29,33)/t15-/m0/s1. The van der Waals surface area contributed by atoms with Crippen molar-refractivity contribution in [1.82, 2.24) is 14.9 Å². The van der Waals surface area contributed by atoms with Crippen LogP contribution >= 0.6 is 0 Å². The number of methoxy groups -OCH3 is 1. The molecule has 0 radical (unpaired) electrons. The van der Waals surface area contributed by atoms with Gasteiger partial charge in [-0.1, -0.05) is 24.3 Å². The molecule has 1 atom stereocenters. The van der Waals surface area contributed by atoms with E-state index in [2.05, 4.69) is 10.3 Å². The van der Waals surface area contributed by atoms with Crippen molar-refractivity contribution in [3.63, 3.8) is 0 Å². The Morgan fingerprint density at radius 1 is 1.14 bits per heavy atom. The lowest BCUT2D eigenvalue weighted by atomic mass is 10.1. The van der Waals surface area contributed by atoms with E-state index >= 15 is 0 Å². The summed E-state index contributed by atoms with van der Waals surface area (Å²) in [6.07, 6.45) is -4.47. The van der Waals surface area contributed by atoms with Crippen molar-refractivity contribution in [1.29, 1.82) is 0 Å². The summed E-state index contributed by atoms with van der Waals surface area (Å²) in [7, 11) is 1.55. The molecule has 1 heterocycles. The summed E-state index contributed by atoms with van der Waals surface area (Å²) < 4.78 is 45.2. The third-order valence-corrected chi connectivity index (χ3v) is 5.60. The molecule has 3 rings (SSSR count). The number of amides is 1. The minimum Gasteiger partial charge on any atom is -0.497 e. The van der Waals surface area contributed by atoms with Gasteiger partial charge in [-0.3, -0.25) is 14.2 Å². The van der Waals surface area contributed by atoms with E-state index in [-0.39, 0.29) is 36.0 Å². The molecule has 0 aliphatic rings. The van der Waals surface area contributed by atoms with Crippen LogP contribution in [0.5, 0.6) is 5.75 Å². The summed E-state index contributed by atoms with van der Waals surface area (Å²) in [5.41, 5.74) is 0.270. The highest BCUT2D eigenvalue weighted by atomic mass is 19.4. The first-order valence-corrected chi connectivity index (χ1v) is 10.9. The topological polar surface area (TPSA) is 93.4 Å². The van der Waals surface area contributed by atoms with Gasteiger partial charge >= 0.3 is 6.18 Å². The van der Waals surface area contributed by atoms with Gasteiger partial charge in [0.1, 0.15) is 18.1 Å². The zero-order valence-electron chi connectivity index (χ0n) is 19.5. The summed E-state index contributed by atoms with van der Waals surface area (Å²) in [6, 6.07) is 11.0. The zero-order chi connectivity index (χ0) is 25.8. The van der Waals surface area contributed by atoms with Crippen LogP contribution in [-0.2, 0) is 23.9 Å². The Morgan fingerprint density at radius 2 is 1.77 bits per heavy atom. The number of hydrogen-bond acceptors (Lipinski definition) is 5. The molecule has 0 fully saturated rings. The molecule has 3 aromatic rings. The van der Waals surface area contributed by atoms with E-state index in [0.29, 0.717) is 11.4 Å². The average Bonchev–Trinajstić information content (AvgIpc) is 2.83. The van der Waals surface area contributed by atoms with Crippen LogP contribution in [0.4, 0.5) is 13.2 Å². The largest absolute Gasteiger partial charge is 0.497 e. The molecule has 1 amide bonds. The van der Waals surface area contributed by atoms with Crippen LogP contribution in [0, 0.1) is 6.92 Å². The normalized spacial score (nSPS) is 12.3. The van der Waals surface area contributed by atoms with E-state index in [1.165, 1.54) is 12.1 Å². The minimum absolute atomic E-state index is 0.0365. The van der Waals surface area contributed by atoms with E-state index in [4.69, 9.17) is 4.74 Å². The summed E-state index contributed by atoms with van der Waals surface area (Å²) in [5.74, 6) is 0.251. The van der Waals surface area contributed by atoms with Crippen LogP contribution in [0.15, 0.2) is 53.3 Å². The van der Waals surface area contributed by atoms with Crippen molar-refractivity contribution in [3.8, 4) is 17.1 Å². The lowest BCUT2D eigenvalue weighted by molar-refractivity contribution is -0.137. The molecule has 2 N–H and O–H groups in total. The predicted octanol–water partition coefficient (Wildman–Crippen LogP) is 3.66. The molecule has 35 heavy (non-hydrogen) atoms. The monoisotopic (exact) mass is 489 g/mol. The summed E-state index contributed by atoms with van der Waals surface area (Å²) in [6.45, 7) is 2.67. The van der Waals surface area contributed by atoms with Crippen molar-refractivity contribution >= 4 is 5.91 Å². The SMILES string of the molecule is COc1ccc([C@H](C)NC(=O)Cn2c(-c3ccc(C(F)(F)F)cc3)nc(C)c(CCO)c2=O)cc1. The molecule has 0 aliphatic carbocycles. The number of hydrogen-bond donors (Lipinski definition) is 2. The first-order chi connectivity index (χ1) is 16.5. The van der Waals surface area contributed by atoms with Crippen molar-refractivity contribution in [3.05, 3.63) is 81.3 Å². The summed E-state index contributed by atoms with van der Waals surface area (Å²) >= 11 is 0.